The summed E-state index contributed by atoms with van der Waals surface area (Å²) in [5, 5.41) is 0. The molecule has 3 heterocycles. The summed E-state index contributed by atoms with van der Waals surface area (Å²) < 4.78 is 16.9. The molecule has 0 N–H and O–H groups in total. The van der Waals surface area contributed by atoms with E-state index in [1.807, 2.05) is 12.2 Å². The van der Waals surface area contributed by atoms with E-state index >= 15 is 0 Å². The molecule has 3 aliphatic heterocycles. The van der Waals surface area contributed by atoms with E-state index in [0.717, 1.165) is 50.5 Å². The van der Waals surface area contributed by atoms with Gasteiger partial charge < -0.3 is 19.1 Å². The zero-order chi connectivity index (χ0) is 24.3. The van der Waals surface area contributed by atoms with Gasteiger partial charge in [-0.25, -0.2) is 0 Å². The number of hydrogen-bond acceptors (Lipinski definition) is 5. The molecule has 184 valence electrons. The number of allylic oxidation sites excluding steroid dienone is 3. The molecule has 0 bridgehead atoms. The maximum absolute atomic E-state index is 12.5. The second-order valence-electron chi connectivity index (χ2n) is 10.4. The SMILES string of the molecule is C=C/C=C\C(=C/C)CN1CC(c2cc(OC)c3c(c2)OCO3)CC1CCN1CC(C)(C)CC1=O. The van der Waals surface area contributed by atoms with Gasteiger partial charge >= 0.3 is 0 Å². The lowest BCUT2D eigenvalue weighted by Crippen LogP contribution is -2.36. The van der Waals surface area contributed by atoms with E-state index in [2.05, 4.69) is 61.4 Å². The fourth-order valence-electron chi connectivity index (χ4n) is 5.46. The first-order valence-corrected chi connectivity index (χ1v) is 12.3. The largest absolute Gasteiger partial charge is 0.493 e. The summed E-state index contributed by atoms with van der Waals surface area (Å²) in [5.74, 6) is 2.83. The Kier molecular flexibility index (Phi) is 7.36. The Balaban J connectivity index is 1.52. The van der Waals surface area contributed by atoms with E-state index in [1.165, 1.54) is 11.1 Å². The summed E-state index contributed by atoms with van der Waals surface area (Å²) in [6, 6.07) is 4.60. The van der Waals surface area contributed by atoms with Crippen LogP contribution in [0.15, 0.2) is 48.6 Å². The molecule has 3 aliphatic rings. The van der Waals surface area contributed by atoms with Gasteiger partial charge in [-0.3, -0.25) is 9.69 Å². The van der Waals surface area contributed by atoms with E-state index in [-0.39, 0.29) is 18.1 Å². The molecule has 6 nitrogen and oxygen atoms in total. The first kappa shape index (κ1) is 24.4. The lowest BCUT2D eigenvalue weighted by Gasteiger charge is -2.27. The summed E-state index contributed by atoms with van der Waals surface area (Å²) >= 11 is 0. The minimum absolute atomic E-state index is 0.0750. The van der Waals surface area contributed by atoms with Crippen molar-refractivity contribution >= 4 is 5.91 Å². The third-order valence-electron chi connectivity index (χ3n) is 7.22. The summed E-state index contributed by atoms with van der Waals surface area (Å²) in [4.78, 5) is 17.2. The predicted octanol–water partition coefficient (Wildman–Crippen LogP) is 4.92. The van der Waals surface area contributed by atoms with Gasteiger partial charge in [0.05, 0.1) is 7.11 Å². The van der Waals surface area contributed by atoms with Crippen LogP contribution in [-0.2, 0) is 4.79 Å². The van der Waals surface area contributed by atoms with Crippen molar-refractivity contribution in [2.24, 2.45) is 5.41 Å². The molecule has 34 heavy (non-hydrogen) atoms. The van der Waals surface area contributed by atoms with Crippen LogP contribution >= 0.6 is 0 Å². The van der Waals surface area contributed by atoms with Crippen LogP contribution in [0, 0.1) is 5.41 Å². The minimum Gasteiger partial charge on any atom is -0.493 e. The number of likely N-dealkylation sites (tertiary alicyclic amines) is 2. The van der Waals surface area contributed by atoms with E-state index < -0.39 is 0 Å². The molecule has 2 atom stereocenters. The summed E-state index contributed by atoms with van der Waals surface area (Å²) in [7, 11) is 1.67. The van der Waals surface area contributed by atoms with Gasteiger partial charge in [0.2, 0.25) is 18.4 Å². The average molecular weight is 467 g/mol. The Labute approximate surface area is 203 Å². The molecule has 1 aromatic carbocycles. The second kappa shape index (κ2) is 10.3. The van der Waals surface area contributed by atoms with Crippen molar-refractivity contribution in [3.8, 4) is 17.2 Å². The summed E-state index contributed by atoms with van der Waals surface area (Å²) in [6.07, 6.45) is 10.8. The second-order valence-corrected chi connectivity index (χ2v) is 10.4. The highest BCUT2D eigenvalue weighted by atomic mass is 16.7. The van der Waals surface area contributed by atoms with Gasteiger partial charge in [-0.05, 0) is 54.4 Å². The van der Waals surface area contributed by atoms with Crippen LogP contribution in [0.2, 0.25) is 0 Å². The number of ether oxygens (including phenoxy) is 3. The van der Waals surface area contributed by atoms with Gasteiger partial charge in [-0.2, -0.15) is 0 Å². The zero-order valence-corrected chi connectivity index (χ0v) is 21.0. The quantitative estimate of drug-likeness (QED) is 0.484. The molecule has 6 heteroatoms. The Morgan fingerprint density at radius 1 is 1.32 bits per heavy atom. The maximum Gasteiger partial charge on any atom is 0.231 e. The molecule has 0 aliphatic carbocycles. The summed E-state index contributed by atoms with van der Waals surface area (Å²) in [5.41, 5.74) is 2.56. The van der Waals surface area contributed by atoms with Gasteiger partial charge in [0.1, 0.15) is 0 Å². The highest BCUT2D eigenvalue weighted by Crippen LogP contribution is 2.45. The molecular weight excluding hydrogens is 428 g/mol. The molecule has 0 saturated carbocycles. The number of fused-ring (bicyclic) bond motifs is 1. The third-order valence-corrected chi connectivity index (χ3v) is 7.22. The van der Waals surface area contributed by atoms with Gasteiger partial charge in [-0.15, -0.1) is 0 Å². The van der Waals surface area contributed by atoms with Gasteiger partial charge in [-0.1, -0.05) is 44.7 Å². The first-order valence-electron chi connectivity index (χ1n) is 12.3. The lowest BCUT2D eigenvalue weighted by molar-refractivity contribution is -0.127. The van der Waals surface area contributed by atoms with E-state index in [1.54, 1.807) is 7.11 Å². The van der Waals surface area contributed by atoms with Crippen molar-refractivity contribution < 1.29 is 19.0 Å². The molecular formula is C28H38N2O4. The van der Waals surface area contributed by atoms with Crippen molar-refractivity contribution in [2.45, 2.75) is 52.0 Å². The Bertz CT molecular complexity index is 981. The fraction of sp³-hybridized carbons (Fsp3) is 0.536. The molecule has 1 amide bonds. The molecule has 4 rings (SSSR count). The number of amides is 1. The van der Waals surface area contributed by atoms with Crippen LogP contribution in [0.3, 0.4) is 0 Å². The van der Waals surface area contributed by atoms with E-state index in [9.17, 15) is 4.79 Å². The average Bonchev–Trinajstić information content (AvgIpc) is 3.51. The zero-order valence-electron chi connectivity index (χ0n) is 21.0. The van der Waals surface area contributed by atoms with Gasteiger partial charge in [0, 0.05) is 38.6 Å². The Morgan fingerprint density at radius 2 is 2.15 bits per heavy atom. The molecule has 0 radical (unpaired) electrons. The highest BCUT2D eigenvalue weighted by Gasteiger charge is 2.38. The standard InChI is InChI=1S/C28H38N2O4/c1-6-8-9-20(7-2)16-30-17-22(21-13-24(32-5)27-25(14-21)33-19-34-27)12-23(30)10-11-29-18-28(3,4)15-26(29)31/h6-9,13-14,22-23H,1,10-12,15-19H2,2-5H3/b9-8-,20-7+. The molecule has 0 spiro atoms. The molecule has 2 fully saturated rings. The van der Waals surface area contributed by atoms with Crippen LogP contribution in [-0.4, -0.2) is 61.8 Å². The van der Waals surface area contributed by atoms with Crippen LogP contribution in [0.5, 0.6) is 17.2 Å². The van der Waals surface area contributed by atoms with Crippen molar-refractivity contribution in [2.75, 3.05) is 40.1 Å². The van der Waals surface area contributed by atoms with Crippen molar-refractivity contribution in [3.05, 3.63) is 54.2 Å². The normalized spacial score (nSPS) is 24.4. The number of carbonyl (C=O) groups excluding carboxylic acids is 1. The number of nitrogens with zero attached hydrogens (tertiary/aromatic N) is 2. The molecule has 0 aromatic heterocycles. The minimum atomic E-state index is 0.0750. The van der Waals surface area contributed by atoms with Crippen molar-refractivity contribution in [1.29, 1.82) is 0 Å². The fourth-order valence-corrected chi connectivity index (χ4v) is 5.46. The molecule has 2 saturated heterocycles. The maximum atomic E-state index is 12.5. The smallest absolute Gasteiger partial charge is 0.231 e. The van der Waals surface area contributed by atoms with Crippen molar-refractivity contribution in [3.63, 3.8) is 0 Å². The van der Waals surface area contributed by atoms with Crippen LogP contribution in [0.4, 0.5) is 0 Å². The Morgan fingerprint density at radius 3 is 2.82 bits per heavy atom. The number of hydrogen-bond donors (Lipinski definition) is 0. The van der Waals surface area contributed by atoms with Crippen LogP contribution < -0.4 is 14.2 Å². The number of carbonyl (C=O) groups is 1. The molecule has 2 unspecified atom stereocenters. The van der Waals surface area contributed by atoms with Gasteiger partial charge in [0.15, 0.2) is 11.5 Å². The van der Waals surface area contributed by atoms with E-state index in [0.29, 0.717) is 24.1 Å². The van der Waals surface area contributed by atoms with E-state index in [4.69, 9.17) is 14.2 Å². The highest BCUT2D eigenvalue weighted by molar-refractivity contribution is 5.79. The topological polar surface area (TPSA) is 51.2 Å². The van der Waals surface area contributed by atoms with Crippen LogP contribution in [0.1, 0.15) is 51.5 Å². The monoisotopic (exact) mass is 466 g/mol. The predicted molar refractivity (Wildman–Crippen MR) is 135 cm³/mol. The molecule has 1 aromatic rings. The number of benzene rings is 1. The Hall–Kier alpha value is -2.73. The number of rotatable bonds is 9. The first-order chi connectivity index (χ1) is 16.3. The number of methoxy groups -OCH3 is 1. The van der Waals surface area contributed by atoms with Crippen LogP contribution in [0.25, 0.3) is 0 Å². The third kappa shape index (κ3) is 5.33. The summed E-state index contributed by atoms with van der Waals surface area (Å²) in [6.45, 7) is 14.0. The van der Waals surface area contributed by atoms with Gasteiger partial charge in [0.25, 0.3) is 0 Å². The van der Waals surface area contributed by atoms with Crippen molar-refractivity contribution in [1.82, 2.24) is 9.80 Å². The lowest BCUT2D eigenvalue weighted by atomic mass is 9.93.